The standard InChI is InChI=1S/C17H14FNO2/c1-19-10-16(11-3-6-13(21-2)7-4-11)14-8-5-12(18)9-15(14)17(19)20/h3-10H,1-2H3. The van der Waals surface area contributed by atoms with Crippen LogP contribution in [0.25, 0.3) is 21.9 Å². The maximum Gasteiger partial charge on any atom is 0.258 e. The quantitative estimate of drug-likeness (QED) is 0.722. The minimum Gasteiger partial charge on any atom is -0.497 e. The van der Waals surface area contributed by atoms with Gasteiger partial charge in [-0.3, -0.25) is 4.79 Å². The van der Waals surface area contributed by atoms with Crippen molar-refractivity contribution in [2.24, 2.45) is 7.05 Å². The molecule has 2 aromatic carbocycles. The zero-order valence-corrected chi connectivity index (χ0v) is 11.8. The third-order valence-corrected chi connectivity index (χ3v) is 3.55. The van der Waals surface area contributed by atoms with Crippen molar-refractivity contribution >= 4 is 10.8 Å². The molecule has 1 aromatic heterocycles. The molecule has 0 atom stereocenters. The lowest BCUT2D eigenvalue weighted by atomic mass is 10.0. The van der Waals surface area contributed by atoms with Gasteiger partial charge in [-0.2, -0.15) is 0 Å². The van der Waals surface area contributed by atoms with E-state index in [2.05, 4.69) is 0 Å². The first-order valence-electron chi connectivity index (χ1n) is 6.53. The number of methoxy groups -OCH3 is 1. The molecule has 106 valence electrons. The summed E-state index contributed by atoms with van der Waals surface area (Å²) in [5.41, 5.74) is 1.62. The summed E-state index contributed by atoms with van der Waals surface area (Å²) in [7, 11) is 3.28. The van der Waals surface area contributed by atoms with E-state index in [4.69, 9.17) is 4.74 Å². The average molecular weight is 283 g/mol. The largest absolute Gasteiger partial charge is 0.497 e. The van der Waals surface area contributed by atoms with Gasteiger partial charge >= 0.3 is 0 Å². The molecule has 0 aliphatic carbocycles. The summed E-state index contributed by atoms with van der Waals surface area (Å²) in [6, 6.07) is 11.8. The number of rotatable bonds is 2. The molecule has 0 spiro atoms. The minimum absolute atomic E-state index is 0.207. The van der Waals surface area contributed by atoms with E-state index in [1.807, 2.05) is 24.3 Å². The van der Waals surface area contributed by atoms with E-state index >= 15 is 0 Å². The molecule has 0 amide bonds. The van der Waals surface area contributed by atoms with Crippen LogP contribution in [0.1, 0.15) is 0 Å². The van der Waals surface area contributed by atoms with Crippen molar-refractivity contribution < 1.29 is 9.13 Å². The predicted molar refractivity (Wildman–Crippen MR) is 81.1 cm³/mol. The monoisotopic (exact) mass is 283 g/mol. The average Bonchev–Trinajstić information content (AvgIpc) is 2.51. The Morgan fingerprint density at radius 2 is 1.76 bits per heavy atom. The van der Waals surface area contributed by atoms with Crippen LogP contribution in [0.2, 0.25) is 0 Å². The fourth-order valence-electron chi connectivity index (χ4n) is 2.44. The van der Waals surface area contributed by atoms with Gasteiger partial charge in [-0.25, -0.2) is 4.39 Å². The van der Waals surface area contributed by atoms with Crippen molar-refractivity contribution in [3.8, 4) is 16.9 Å². The smallest absolute Gasteiger partial charge is 0.258 e. The first kappa shape index (κ1) is 13.4. The van der Waals surface area contributed by atoms with E-state index in [0.717, 1.165) is 22.3 Å². The lowest BCUT2D eigenvalue weighted by Crippen LogP contribution is -2.16. The van der Waals surface area contributed by atoms with Gasteiger partial charge in [-0.1, -0.05) is 18.2 Å². The van der Waals surface area contributed by atoms with Gasteiger partial charge < -0.3 is 9.30 Å². The molecule has 0 N–H and O–H groups in total. The summed E-state index contributed by atoms with van der Waals surface area (Å²) < 4.78 is 20.0. The van der Waals surface area contributed by atoms with Gasteiger partial charge in [0.05, 0.1) is 12.5 Å². The highest BCUT2D eigenvalue weighted by molar-refractivity contribution is 5.95. The highest BCUT2D eigenvalue weighted by Crippen LogP contribution is 2.28. The van der Waals surface area contributed by atoms with Crippen LogP contribution in [0.5, 0.6) is 5.75 Å². The summed E-state index contributed by atoms with van der Waals surface area (Å²) >= 11 is 0. The summed E-state index contributed by atoms with van der Waals surface area (Å²) in [5, 5.41) is 1.12. The van der Waals surface area contributed by atoms with Crippen LogP contribution in [0.4, 0.5) is 4.39 Å². The number of pyridine rings is 1. The van der Waals surface area contributed by atoms with Crippen LogP contribution in [0.15, 0.2) is 53.5 Å². The number of aromatic nitrogens is 1. The Bertz CT molecular complexity index is 866. The number of halogens is 1. The topological polar surface area (TPSA) is 31.2 Å². The van der Waals surface area contributed by atoms with Crippen molar-refractivity contribution in [3.63, 3.8) is 0 Å². The van der Waals surface area contributed by atoms with Gasteiger partial charge in [-0.15, -0.1) is 0 Å². The Morgan fingerprint density at radius 1 is 1.05 bits per heavy atom. The first-order valence-corrected chi connectivity index (χ1v) is 6.53. The van der Waals surface area contributed by atoms with E-state index in [9.17, 15) is 9.18 Å². The third-order valence-electron chi connectivity index (χ3n) is 3.55. The molecular weight excluding hydrogens is 269 g/mol. The van der Waals surface area contributed by atoms with E-state index in [0.29, 0.717) is 5.39 Å². The Kier molecular flexibility index (Phi) is 3.22. The summed E-state index contributed by atoms with van der Waals surface area (Å²) in [5.74, 6) is 0.352. The zero-order chi connectivity index (χ0) is 15.0. The second-order valence-electron chi connectivity index (χ2n) is 4.88. The first-order chi connectivity index (χ1) is 10.1. The molecule has 0 bridgehead atoms. The molecular formula is C17H14FNO2. The van der Waals surface area contributed by atoms with Crippen molar-refractivity contribution in [1.29, 1.82) is 0 Å². The van der Waals surface area contributed by atoms with Gasteiger partial charge in [-0.05, 0) is 35.2 Å². The van der Waals surface area contributed by atoms with Crippen molar-refractivity contribution in [1.82, 2.24) is 4.57 Å². The number of hydrogen-bond acceptors (Lipinski definition) is 2. The molecule has 0 aliphatic heterocycles. The number of hydrogen-bond donors (Lipinski definition) is 0. The predicted octanol–water partition coefficient (Wildman–Crippen LogP) is 3.35. The fraction of sp³-hybridized carbons (Fsp3) is 0.118. The molecule has 0 fully saturated rings. The van der Waals surface area contributed by atoms with Crippen LogP contribution >= 0.6 is 0 Å². The third kappa shape index (κ3) is 2.29. The van der Waals surface area contributed by atoms with Gasteiger partial charge in [0.1, 0.15) is 11.6 Å². The summed E-state index contributed by atoms with van der Waals surface area (Å²) in [4.78, 5) is 12.1. The van der Waals surface area contributed by atoms with E-state index in [-0.39, 0.29) is 5.56 Å². The fourth-order valence-corrected chi connectivity index (χ4v) is 2.44. The highest BCUT2D eigenvalue weighted by atomic mass is 19.1. The molecule has 0 radical (unpaired) electrons. The van der Waals surface area contributed by atoms with Crippen LogP contribution in [0, 0.1) is 5.82 Å². The number of fused-ring (bicyclic) bond motifs is 1. The SMILES string of the molecule is COc1ccc(-c2cn(C)c(=O)c3cc(F)ccc23)cc1. The number of ether oxygens (including phenoxy) is 1. The molecule has 21 heavy (non-hydrogen) atoms. The van der Waals surface area contributed by atoms with E-state index < -0.39 is 5.82 Å². The lowest BCUT2D eigenvalue weighted by molar-refractivity contribution is 0.415. The molecule has 3 nitrogen and oxygen atoms in total. The second-order valence-corrected chi connectivity index (χ2v) is 4.88. The van der Waals surface area contributed by atoms with Crippen molar-refractivity contribution in [2.75, 3.05) is 7.11 Å². The van der Waals surface area contributed by atoms with Crippen LogP contribution in [0.3, 0.4) is 0 Å². The molecule has 0 aliphatic rings. The molecule has 3 rings (SSSR count). The number of aryl methyl sites for hydroxylation is 1. The molecule has 0 saturated carbocycles. The van der Waals surface area contributed by atoms with Crippen LogP contribution in [-0.2, 0) is 7.05 Å². The van der Waals surface area contributed by atoms with Crippen molar-refractivity contribution in [3.05, 3.63) is 64.8 Å². The summed E-state index contributed by atoms with van der Waals surface area (Å²) in [6.45, 7) is 0. The van der Waals surface area contributed by atoms with Crippen LogP contribution in [-0.4, -0.2) is 11.7 Å². The number of benzene rings is 2. The van der Waals surface area contributed by atoms with Gasteiger partial charge in [0, 0.05) is 18.8 Å². The molecule has 1 heterocycles. The Balaban J connectivity index is 2.31. The van der Waals surface area contributed by atoms with Gasteiger partial charge in [0.25, 0.3) is 5.56 Å². The molecule has 4 heteroatoms. The van der Waals surface area contributed by atoms with Crippen molar-refractivity contribution in [2.45, 2.75) is 0 Å². The number of nitrogens with zero attached hydrogens (tertiary/aromatic N) is 1. The Hall–Kier alpha value is -2.62. The molecule has 0 unspecified atom stereocenters. The van der Waals surface area contributed by atoms with E-state index in [1.54, 1.807) is 26.4 Å². The minimum atomic E-state index is -0.411. The molecule has 0 saturated heterocycles. The summed E-state index contributed by atoms with van der Waals surface area (Å²) in [6.07, 6.45) is 1.77. The Labute approximate surface area is 121 Å². The second kappa shape index (κ2) is 5.05. The van der Waals surface area contributed by atoms with Gasteiger partial charge in [0.15, 0.2) is 0 Å². The maximum atomic E-state index is 13.4. The van der Waals surface area contributed by atoms with Crippen LogP contribution < -0.4 is 10.3 Å². The molecule has 3 aromatic rings. The Morgan fingerprint density at radius 3 is 2.43 bits per heavy atom. The highest BCUT2D eigenvalue weighted by Gasteiger charge is 2.10. The normalized spacial score (nSPS) is 10.8. The van der Waals surface area contributed by atoms with Gasteiger partial charge in [0.2, 0.25) is 0 Å². The van der Waals surface area contributed by atoms with E-state index in [1.165, 1.54) is 16.7 Å². The lowest BCUT2D eigenvalue weighted by Gasteiger charge is -2.10. The maximum absolute atomic E-state index is 13.4. The zero-order valence-electron chi connectivity index (χ0n) is 11.8.